The number of hydrogen-bond donors (Lipinski definition) is 1. The standard InChI is InChI=1S/C18H35N3/c1-2-5-16-7-9-18(15-19,10-8-16)21-13-4-12-20-11-3-6-17(20)14-21/h16-17H,2-15,19H2,1H3. The molecule has 3 heteroatoms. The smallest absolute Gasteiger partial charge is 0.0332 e. The summed E-state index contributed by atoms with van der Waals surface area (Å²) in [6, 6.07) is 0.823. The highest BCUT2D eigenvalue weighted by atomic mass is 15.3. The zero-order valence-electron chi connectivity index (χ0n) is 14.0. The Kier molecular flexibility index (Phi) is 5.23. The molecular formula is C18H35N3. The SMILES string of the molecule is CCCC1CCC(CN)(N2CCCN3CCCC3C2)CC1. The van der Waals surface area contributed by atoms with Gasteiger partial charge in [-0.15, -0.1) is 0 Å². The first kappa shape index (κ1) is 15.8. The van der Waals surface area contributed by atoms with Gasteiger partial charge in [-0.2, -0.15) is 0 Å². The Hall–Kier alpha value is -0.120. The molecule has 2 aliphatic heterocycles. The van der Waals surface area contributed by atoms with E-state index in [9.17, 15) is 0 Å². The lowest BCUT2D eigenvalue weighted by atomic mass is 9.74. The van der Waals surface area contributed by atoms with Crippen LogP contribution in [-0.2, 0) is 0 Å². The van der Waals surface area contributed by atoms with Crippen molar-refractivity contribution in [1.29, 1.82) is 0 Å². The van der Waals surface area contributed by atoms with Gasteiger partial charge in [-0.1, -0.05) is 19.8 Å². The van der Waals surface area contributed by atoms with E-state index < -0.39 is 0 Å². The molecule has 21 heavy (non-hydrogen) atoms. The molecular weight excluding hydrogens is 258 g/mol. The quantitative estimate of drug-likeness (QED) is 0.865. The van der Waals surface area contributed by atoms with Crippen LogP contribution >= 0.6 is 0 Å². The third-order valence-electron chi connectivity index (χ3n) is 6.59. The lowest BCUT2D eigenvalue weighted by molar-refractivity contribution is 0.0357. The molecule has 0 spiro atoms. The first-order valence-electron chi connectivity index (χ1n) is 9.46. The number of rotatable bonds is 4. The second-order valence-electron chi connectivity index (χ2n) is 7.79. The molecule has 3 rings (SSSR count). The van der Waals surface area contributed by atoms with Gasteiger partial charge < -0.3 is 5.73 Å². The third kappa shape index (κ3) is 3.30. The minimum Gasteiger partial charge on any atom is -0.329 e. The lowest BCUT2D eigenvalue weighted by Gasteiger charge is -2.48. The van der Waals surface area contributed by atoms with Gasteiger partial charge in [0.25, 0.3) is 0 Å². The molecule has 3 fully saturated rings. The number of nitrogens with two attached hydrogens (primary N) is 1. The van der Waals surface area contributed by atoms with Crippen molar-refractivity contribution in [3.8, 4) is 0 Å². The summed E-state index contributed by atoms with van der Waals surface area (Å²) in [6.07, 6.45) is 12.5. The molecule has 0 bridgehead atoms. The van der Waals surface area contributed by atoms with Crippen LogP contribution in [0.3, 0.4) is 0 Å². The highest BCUT2D eigenvalue weighted by Gasteiger charge is 2.41. The van der Waals surface area contributed by atoms with E-state index in [2.05, 4.69) is 16.7 Å². The van der Waals surface area contributed by atoms with E-state index in [1.54, 1.807) is 0 Å². The molecule has 1 saturated carbocycles. The Balaban J connectivity index is 1.65. The molecule has 2 saturated heterocycles. The largest absolute Gasteiger partial charge is 0.329 e. The first-order valence-corrected chi connectivity index (χ1v) is 9.46. The summed E-state index contributed by atoms with van der Waals surface area (Å²) in [6.45, 7) is 8.43. The molecule has 2 heterocycles. The highest BCUT2D eigenvalue weighted by molar-refractivity contribution is 4.99. The summed E-state index contributed by atoms with van der Waals surface area (Å²) >= 11 is 0. The van der Waals surface area contributed by atoms with Crippen LogP contribution in [0.4, 0.5) is 0 Å². The molecule has 1 unspecified atom stereocenters. The van der Waals surface area contributed by atoms with E-state index >= 15 is 0 Å². The molecule has 2 N–H and O–H groups in total. The molecule has 0 aromatic rings. The number of nitrogens with zero attached hydrogens (tertiary/aromatic N) is 2. The number of hydrogen-bond acceptors (Lipinski definition) is 3. The fourth-order valence-electron chi connectivity index (χ4n) is 5.20. The first-order chi connectivity index (χ1) is 10.3. The summed E-state index contributed by atoms with van der Waals surface area (Å²) < 4.78 is 0. The Labute approximate surface area is 131 Å². The van der Waals surface area contributed by atoms with Crippen LogP contribution < -0.4 is 5.73 Å². The molecule has 0 amide bonds. The minimum atomic E-state index is 0.336. The Morgan fingerprint density at radius 3 is 2.52 bits per heavy atom. The van der Waals surface area contributed by atoms with Crippen LogP contribution in [0, 0.1) is 5.92 Å². The third-order valence-corrected chi connectivity index (χ3v) is 6.59. The Morgan fingerprint density at radius 2 is 1.81 bits per heavy atom. The predicted molar refractivity (Wildman–Crippen MR) is 89.4 cm³/mol. The molecule has 3 aliphatic rings. The van der Waals surface area contributed by atoms with Crippen molar-refractivity contribution in [2.75, 3.05) is 32.7 Å². The van der Waals surface area contributed by atoms with Crippen molar-refractivity contribution in [2.45, 2.75) is 76.3 Å². The summed E-state index contributed by atoms with van der Waals surface area (Å²) in [7, 11) is 0. The van der Waals surface area contributed by atoms with Gasteiger partial charge in [0, 0.05) is 31.2 Å². The molecule has 1 atom stereocenters. The number of fused-ring (bicyclic) bond motifs is 1. The average molecular weight is 293 g/mol. The van der Waals surface area contributed by atoms with Crippen molar-refractivity contribution in [2.24, 2.45) is 11.7 Å². The van der Waals surface area contributed by atoms with E-state index in [1.807, 2.05) is 0 Å². The maximum atomic E-state index is 6.32. The van der Waals surface area contributed by atoms with Gasteiger partial charge in [-0.3, -0.25) is 9.80 Å². The van der Waals surface area contributed by atoms with Crippen LogP contribution in [-0.4, -0.2) is 54.1 Å². The fraction of sp³-hybridized carbons (Fsp3) is 1.00. The van der Waals surface area contributed by atoms with Crippen LogP contribution in [0.25, 0.3) is 0 Å². The zero-order valence-corrected chi connectivity index (χ0v) is 14.0. The van der Waals surface area contributed by atoms with Crippen LogP contribution in [0.5, 0.6) is 0 Å². The second-order valence-corrected chi connectivity index (χ2v) is 7.79. The lowest BCUT2D eigenvalue weighted by Crippen LogP contribution is -2.57. The molecule has 3 nitrogen and oxygen atoms in total. The van der Waals surface area contributed by atoms with Gasteiger partial charge in [-0.25, -0.2) is 0 Å². The minimum absolute atomic E-state index is 0.336. The summed E-state index contributed by atoms with van der Waals surface area (Å²) in [5, 5.41) is 0. The van der Waals surface area contributed by atoms with Crippen molar-refractivity contribution in [3.05, 3.63) is 0 Å². The fourth-order valence-corrected chi connectivity index (χ4v) is 5.20. The van der Waals surface area contributed by atoms with Crippen LogP contribution in [0.1, 0.15) is 64.7 Å². The topological polar surface area (TPSA) is 32.5 Å². The maximum Gasteiger partial charge on any atom is 0.0332 e. The van der Waals surface area contributed by atoms with Crippen molar-refractivity contribution in [1.82, 2.24) is 9.80 Å². The maximum absolute atomic E-state index is 6.32. The monoisotopic (exact) mass is 293 g/mol. The Bertz CT molecular complexity index is 322. The van der Waals surface area contributed by atoms with Gasteiger partial charge in [-0.05, 0) is 64.0 Å². The van der Waals surface area contributed by atoms with Crippen LogP contribution in [0.2, 0.25) is 0 Å². The molecule has 122 valence electrons. The molecule has 1 aliphatic carbocycles. The highest BCUT2D eigenvalue weighted by Crippen LogP contribution is 2.39. The average Bonchev–Trinajstić information content (AvgIpc) is 2.85. The van der Waals surface area contributed by atoms with Crippen molar-refractivity contribution < 1.29 is 0 Å². The van der Waals surface area contributed by atoms with E-state index in [1.165, 1.54) is 84.0 Å². The van der Waals surface area contributed by atoms with Gasteiger partial charge >= 0.3 is 0 Å². The van der Waals surface area contributed by atoms with Crippen LogP contribution in [0.15, 0.2) is 0 Å². The zero-order chi connectivity index (χ0) is 14.7. The molecule has 0 aromatic carbocycles. The van der Waals surface area contributed by atoms with E-state index in [0.717, 1.165) is 18.5 Å². The van der Waals surface area contributed by atoms with Gasteiger partial charge in [0.2, 0.25) is 0 Å². The van der Waals surface area contributed by atoms with Gasteiger partial charge in [0.1, 0.15) is 0 Å². The van der Waals surface area contributed by atoms with E-state index in [-0.39, 0.29) is 0 Å². The summed E-state index contributed by atoms with van der Waals surface area (Å²) in [5.41, 5.74) is 6.66. The van der Waals surface area contributed by atoms with Crippen molar-refractivity contribution in [3.63, 3.8) is 0 Å². The Morgan fingerprint density at radius 1 is 1.05 bits per heavy atom. The van der Waals surface area contributed by atoms with Gasteiger partial charge in [0.15, 0.2) is 0 Å². The molecule has 0 aromatic heterocycles. The summed E-state index contributed by atoms with van der Waals surface area (Å²) in [4.78, 5) is 5.57. The van der Waals surface area contributed by atoms with E-state index in [4.69, 9.17) is 5.73 Å². The predicted octanol–water partition coefficient (Wildman–Crippen LogP) is 2.84. The normalized spacial score (nSPS) is 39.1. The molecule has 0 radical (unpaired) electrons. The van der Waals surface area contributed by atoms with Crippen molar-refractivity contribution >= 4 is 0 Å². The summed E-state index contributed by atoms with van der Waals surface area (Å²) in [5.74, 6) is 0.977. The van der Waals surface area contributed by atoms with E-state index in [0.29, 0.717) is 5.54 Å². The van der Waals surface area contributed by atoms with Gasteiger partial charge in [0.05, 0.1) is 0 Å². The second kappa shape index (κ2) is 6.97.